The minimum Gasteiger partial charge on any atom is -0.383 e. The molecule has 204 valence electrons. The van der Waals surface area contributed by atoms with Crippen LogP contribution in [0.25, 0.3) is 22.3 Å². The van der Waals surface area contributed by atoms with Gasteiger partial charge in [0.05, 0.1) is 22.4 Å². The molecule has 0 aliphatic carbocycles. The second-order valence-electron chi connectivity index (χ2n) is 10.6. The minimum atomic E-state index is -1.26. The Morgan fingerprint density at radius 3 is 2.56 bits per heavy atom. The van der Waals surface area contributed by atoms with Gasteiger partial charge in [-0.15, -0.1) is 0 Å². The molecule has 1 atom stereocenters. The average Bonchev–Trinajstić information content (AvgIpc) is 3.27. The molecule has 1 fully saturated rings. The first-order valence-corrected chi connectivity index (χ1v) is 13.2. The lowest BCUT2D eigenvalue weighted by molar-refractivity contribution is -0.119. The SMILES string of the molecule is CC(C)n1c(C(C)(C)O)nc2c(F)cc(-c3nc(Nc4ccc(N5CCC(N)CC5=O)cc4)ncc3Cl)cc21. The predicted molar refractivity (Wildman–Crippen MR) is 151 cm³/mol. The summed E-state index contributed by atoms with van der Waals surface area (Å²) in [5.41, 5.74) is 7.65. The van der Waals surface area contributed by atoms with Crippen molar-refractivity contribution in [1.82, 2.24) is 19.5 Å². The number of anilines is 3. The van der Waals surface area contributed by atoms with Gasteiger partial charge in [0, 0.05) is 42.0 Å². The van der Waals surface area contributed by atoms with E-state index in [0.717, 1.165) is 12.1 Å². The van der Waals surface area contributed by atoms with Crippen LogP contribution in [0.2, 0.25) is 5.02 Å². The number of benzene rings is 2. The van der Waals surface area contributed by atoms with Crippen LogP contribution >= 0.6 is 11.6 Å². The maximum Gasteiger partial charge on any atom is 0.228 e. The molecular formula is C28H31ClFN7O2. The highest BCUT2D eigenvalue weighted by atomic mass is 35.5. The number of aliphatic hydroxyl groups is 1. The first-order chi connectivity index (χ1) is 18.4. The van der Waals surface area contributed by atoms with Crippen molar-refractivity contribution in [3.63, 3.8) is 0 Å². The zero-order chi connectivity index (χ0) is 28.1. The molecule has 1 amide bonds. The molecule has 1 aliphatic rings. The molecule has 3 heterocycles. The Bertz CT molecular complexity index is 1550. The number of nitrogens with two attached hydrogens (primary N) is 1. The van der Waals surface area contributed by atoms with Crippen molar-refractivity contribution in [3.8, 4) is 11.3 Å². The van der Waals surface area contributed by atoms with E-state index in [1.807, 2.05) is 42.7 Å². The Hall–Kier alpha value is -3.60. The van der Waals surface area contributed by atoms with E-state index in [-0.39, 0.29) is 34.5 Å². The molecule has 39 heavy (non-hydrogen) atoms. The summed E-state index contributed by atoms with van der Waals surface area (Å²) in [6, 6.07) is 10.3. The zero-order valence-electron chi connectivity index (χ0n) is 22.2. The summed E-state index contributed by atoms with van der Waals surface area (Å²) in [6.07, 6.45) is 2.56. The minimum absolute atomic E-state index is 0.0119. The second-order valence-corrected chi connectivity index (χ2v) is 11.1. The van der Waals surface area contributed by atoms with Crippen LogP contribution in [-0.4, -0.2) is 43.1 Å². The molecule has 5 rings (SSSR count). The van der Waals surface area contributed by atoms with Crippen LogP contribution in [0.4, 0.5) is 21.7 Å². The van der Waals surface area contributed by atoms with Gasteiger partial charge in [-0.1, -0.05) is 11.6 Å². The highest BCUT2D eigenvalue weighted by molar-refractivity contribution is 6.33. The summed E-state index contributed by atoms with van der Waals surface area (Å²) in [5.74, 6) is 0.118. The predicted octanol–water partition coefficient (Wildman–Crippen LogP) is 5.29. The lowest BCUT2D eigenvalue weighted by atomic mass is 10.0. The van der Waals surface area contributed by atoms with Gasteiger partial charge in [-0.2, -0.15) is 0 Å². The smallest absolute Gasteiger partial charge is 0.228 e. The molecule has 11 heteroatoms. The number of hydrogen-bond donors (Lipinski definition) is 3. The van der Waals surface area contributed by atoms with Crippen molar-refractivity contribution in [2.45, 2.75) is 58.2 Å². The topological polar surface area (TPSA) is 122 Å². The van der Waals surface area contributed by atoms with Gasteiger partial charge in [0.15, 0.2) is 5.82 Å². The highest BCUT2D eigenvalue weighted by Crippen LogP contribution is 2.35. The maximum atomic E-state index is 15.3. The van der Waals surface area contributed by atoms with Gasteiger partial charge >= 0.3 is 0 Å². The van der Waals surface area contributed by atoms with E-state index in [4.69, 9.17) is 17.3 Å². The van der Waals surface area contributed by atoms with E-state index < -0.39 is 11.4 Å². The molecule has 0 radical (unpaired) electrons. The van der Waals surface area contributed by atoms with Gasteiger partial charge < -0.3 is 25.6 Å². The van der Waals surface area contributed by atoms with E-state index in [9.17, 15) is 9.90 Å². The zero-order valence-corrected chi connectivity index (χ0v) is 23.0. The number of halogens is 2. The lowest BCUT2D eigenvalue weighted by Gasteiger charge is -2.30. The van der Waals surface area contributed by atoms with Crippen LogP contribution in [0.1, 0.15) is 52.4 Å². The molecular weight excluding hydrogens is 521 g/mol. The van der Waals surface area contributed by atoms with Crippen molar-refractivity contribution >= 4 is 45.9 Å². The van der Waals surface area contributed by atoms with Gasteiger partial charge in [-0.05, 0) is 70.5 Å². The van der Waals surface area contributed by atoms with E-state index in [0.29, 0.717) is 41.3 Å². The van der Waals surface area contributed by atoms with Crippen molar-refractivity contribution < 1.29 is 14.3 Å². The third kappa shape index (κ3) is 5.32. The lowest BCUT2D eigenvalue weighted by Crippen LogP contribution is -2.43. The molecule has 0 spiro atoms. The molecule has 2 aromatic carbocycles. The van der Waals surface area contributed by atoms with Gasteiger partial charge in [0.1, 0.15) is 16.9 Å². The van der Waals surface area contributed by atoms with Gasteiger partial charge in [-0.25, -0.2) is 19.3 Å². The molecule has 1 saturated heterocycles. The number of rotatable bonds is 6. The highest BCUT2D eigenvalue weighted by Gasteiger charge is 2.28. The van der Waals surface area contributed by atoms with Gasteiger partial charge in [0.25, 0.3) is 0 Å². The van der Waals surface area contributed by atoms with Crippen LogP contribution in [-0.2, 0) is 10.4 Å². The second kappa shape index (κ2) is 10.2. The Balaban J connectivity index is 1.46. The van der Waals surface area contributed by atoms with E-state index in [1.54, 1.807) is 24.8 Å². The van der Waals surface area contributed by atoms with Crippen LogP contribution in [0.3, 0.4) is 0 Å². The van der Waals surface area contributed by atoms with Crippen LogP contribution in [0.5, 0.6) is 0 Å². The number of nitrogens with one attached hydrogen (secondary N) is 1. The Morgan fingerprint density at radius 2 is 1.92 bits per heavy atom. The summed E-state index contributed by atoms with van der Waals surface area (Å²) in [6.45, 7) is 7.73. The molecule has 1 aliphatic heterocycles. The summed E-state index contributed by atoms with van der Waals surface area (Å²) >= 11 is 6.46. The van der Waals surface area contributed by atoms with Gasteiger partial charge in [0.2, 0.25) is 11.9 Å². The molecule has 4 N–H and O–H groups in total. The van der Waals surface area contributed by atoms with Crippen molar-refractivity contribution in [2.24, 2.45) is 5.73 Å². The van der Waals surface area contributed by atoms with Gasteiger partial charge in [-0.3, -0.25) is 4.79 Å². The summed E-state index contributed by atoms with van der Waals surface area (Å²) < 4.78 is 17.1. The fourth-order valence-corrected chi connectivity index (χ4v) is 5.06. The molecule has 1 unspecified atom stereocenters. The number of piperidine rings is 1. The average molecular weight is 552 g/mol. The molecule has 2 aromatic heterocycles. The fraction of sp³-hybridized carbons (Fsp3) is 0.357. The Kier molecular flexibility index (Phi) is 7.04. The number of carbonyl (C=O) groups excluding carboxylic acids is 1. The largest absolute Gasteiger partial charge is 0.383 e. The molecule has 4 aromatic rings. The monoisotopic (exact) mass is 551 g/mol. The Labute approximate surface area is 230 Å². The fourth-order valence-electron chi connectivity index (χ4n) is 4.86. The van der Waals surface area contributed by atoms with Crippen LogP contribution in [0.15, 0.2) is 42.6 Å². The maximum absolute atomic E-state index is 15.3. The Morgan fingerprint density at radius 1 is 1.21 bits per heavy atom. The van der Waals surface area contributed by atoms with E-state index >= 15 is 4.39 Å². The first-order valence-electron chi connectivity index (χ1n) is 12.8. The number of fused-ring (bicyclic) bond motifs is 1. The van der Waals surface area contributed by atoms with Crippen LogP contribution < -0.4 is 16.0 Å². The van der Waals surface area contributed by atoms with Crippen molar-refractivity contribution in [1.29, 1.82) is 0 Å². The number of amides is 1. The number of imidazole rings is 1. The number of hydrogen-bond acceptors (Lipinski definition) is 7. The normalized spacial score (nSPS) is 16.4. The first kappa shape index (κ1) is 27.0. The summed E-state index contributed by atoms with van der Waals surface area (Å²) in [4.78, 5) is 27.4. The van der Waals surface area contributed by atoms with Crippen LogP contribution in [0, 0.1) is 5.82 Å². The number of aromatic nitrogens is 4. The third-order valence-corrected chi connectivity index (χ3v) is 7.00. The molecule has 0 saturated carbocycles. The molecule has 0 bridgehead atoms. The van der Waals surface area contributed by atoms with E-state index in [2.05, 4.69) is 20.3 Å². The summed E-state index contributed by atoms with van der Waals surface area (Å²) in [5, 5.41) is 14.1. The number of nitrogens with zero attached hydrogens (tertiary/aromatic N) is 5. The number of carbonyl (C=O) groups is 1. The van der Waals surface area contributed by atoms with Crippen molar-refractivity contribution in [2.75, 3.05) is 16.8 Å². The third-order valence-electron chi connectivity index (χ3n) is 6.73. The summed E-state index contributed by atoms with van der Waals surface area (Å²) in [7, 11) is 0. The quantitative estimate of drug-likeness (QED) is 0.297. The standard InChI is InChI=1S/C28H31ClFN7O2/c1-15(2)37-22-12-16(11-21(30)25(22)34-26(37)28(3,4)39)24-20(29)14-32-27(35-24)33-18-5-7-19(8-6-18)36-10-9-17(31)13-23(36)38/h5-8,11-12,14-15,17,39H,9-10,13,31H2,1-4H3,(H,32,33,35). The van der Waals surface area contributed by atoms with E-state index in [1.165, 1.54) is 12.3 Å². The molecule has 9 nitrogen and oxygen atoms in total. The van der Waals surface area contributed by atoms with Crippen molar-refractivity contribution in [3.05, 3.63) is 59.3 Å².